The van der Waals surface area contributed by atoms with Crippen molar-refractivity contribution in [2.45, 2.75) is 19.3 Å². The number of benzene rings is 1. The van der Waals surface area contributed by atoms with Crippen LogP contribution in [0, 0.1) is 15.9 Å². The van der Waals surface area contributed by atoms with Crippen molar-refractivity contribution in [2.75, 3.05) is 13.1 Å². The lowest BCUT2D eigenvalue weighted by Gasteiger charge is -2.29. The van der Waals surface area contributed by atoms with E-state index in [4.69, 9.17) is 5.11 Å². The number of carbonyl (C=O) groups excluding carboxylic acids is 1. The zero-order valence-corrected chi connectivity index (χ0v) is 12.2. The minimum Gasteiger partial charge on any atom is -0.473 e. The highest BCUT2D eigenvalue weighted by molar-refractivity contribution is 6.11. The van der Waals surface area contributed by atoms with E-state index in [2.05, 4.69) is 0 Å². The Labute approximate surface area is 131 Å². The number of hydrogen-bond donors (Lipinski definition) is 1. The minimum atomic E-state index is -1.82. The van der Waals surface area contributed by atoms with Gasteiger partial charge in [-0.1, -0.05) is 12.1 Å². The Morgan fingerprint density at radius 1 is 1.17 bits per heavy atom. The molecule has 0 amide bonds. The Morgan fingerprint density at radius 3 is 2.30 bits per heavy atom. The fourth-order valence-electron chi connectivity index (χ4n) is 2.56. The molecule has 1 heterocycles. The highest BCUT2D eigenvalue weighted by Gasteiger charge is 2.36. The van der Waals surface area contributed by atoms with Crippen LogP contribution in [-0.4, -0.2) is 39.8 Å². The smallest absolute Gasteiger partial charge is 0.409 e. The largest absolute Gasteiger partial charge is 0.473 e. The van der Waals surface area contributed by atoms with Gasteiger partial charge in [0.15, 0.2) is 5.70 Å². The van der Waals surface area contributed by atoms with Gasteiger partial charge in [-0.25, -0.2) is 9.18 Å². The second-order valence-electron chi connectivity index (χ2n) is 5.12. The molecule has 0 aromatic heterocycles. The van der Waals surface area contributed by atoms with E-state index in [-0.39, 0.29) is 5.56 Å². The zero-order chi connectivity index (χ0) is 17.0. The number of nitro groups is 1. The minimum absolute atomic E-state index is 0.320. The summed E-state index contributed by atoms with van der Waals surface area (Å²) in [5.41, 5.74) is -2.17. The number of carboxylic acid groups (broad SMARTS) is 1. The molecule has 1 aromatic carbocycles. The summed E-state index contributed by atoms with van der Waals surface area (Å²) < 4.78 is 13.9. The predicted octanol–water partition coefficient (Wildman–Crippen LogP) is 2.07. The molecular formula is C15H15FN2O5. The Balaban J connectivity index is 2.59. The molecule has 0 bridgehead atoms. The molecule has 1 fully saturated rings. The number of likely N-dealkylation sites (tertiary alicyclic amines) is 1. The molecule has 1 aliphatic heterocycles. The SMILES string of the molecule is O=C(O)/C(=C(/C(=O)c1ccccc1F)N1CCCCC1)[N+](=O)[O-]. The summed E-state index contributed by atoms with van der Waals surface area (Å²) in [4.78, 5) is 35.3. The summed E-state index contributed by atoms with van der Waals surface area (Å²) in [5, 5.41) is 20.3. The number of Topliss-reactive ketones (excluding diaryl/α,β-unsaturated/α-hetero) is 1. The molecule has 1 N–H and O–H groups in total. The molecule has 8 heteroatoms. The molecular weight excluding hydrogens is 307 g/mol. The van der Waals surface area contributed by atoms with Crippen LogP contribution in [0.15, 0.2) is 35.7 Å². The number of carbonyl (C=O) groups is 2. The first-order chi connectivity index (χ1) is 10.9. The quantitative estimate of drug-likeness (QED) is 0.385. The van der Waals surface area contributed by atoms with Gasteiger partial charge in [0.2, 0.25) is 5.78 Å². The summed E-state index contributed by atoms with van der Waals surface area (Å²) in [6.07, 6.45) is 2.25. The van der Waals surface area contributed by atoms with E-state index in [9.17, 15) is 24.1 Å². The van der Waals surface area contributed by atoms with E-state index < -0.39 is 33.9 Å². The van der Waals surface area contributed by atoms with E-state index in [0.717, 1.165) is 12.5 Å². The lowest BCUT2D eigenvalue weighted by molar-refractivity contribution is -0.422. The Morgan fingerprint density at radius 2 is 1.78 bits per heavy atom. The molecule has 0 atom stereocenters. The monoisotopic (exact) mass is 322 g/mol. The number of allylic oxidation sites excluding steroid dienone is 1. The number of rotatable bonds is 5. The summed E-state index contributed by atoms with van der Waals surface area (Å²) in [7, 11) is 0. The molecule has 7 nitrogen and oxygen atoms in total. The van der Waals surface area contributed by atoms with Gasteiger partial charge in [-0.15, -0.1) is 0 Å². The average Bonchev–Trinajstić information content (AvgIpc) is 2.52. The fraction of sp³-hybridized carbons (Fsp3) is 0.333. The third-order valence-corrected chi connectivity index (χ3v) is 3.62. The maximum Gasteiger partial charge on any atom is 0.409 e. The van der Waals surface area contributed by atoms with Gasteiger partial charge in [-0.05, 0) is 31.4 Å². The standard InChI is InChI=1S/C15H15FN2O5/c16-11-7-3-2-6-10(11)14(19)12(13(15(20)21)18(22)23)17-8-4-1-5-9-17/h2-3,6-7H,1,4-5,8-9H2,(H,20,21)/b13-12+. The molecule has 0 aliphatic carbocycles. The topological polar surface area (TPSA) is 101 Å². The first-order valence-electron chi connectivity index (χ1n) is 7.09. The van der Waals surface area contributed by atoms with E-state index in [0.29, 0.717) is 25.9 Å². The maximum atomic E-state index is 13.9. The summed E-state index contributed by atoms with van der Waals surface area (Å²) in [6, 6.07) is 5.02. The van der Waals surface area contributed by atoms with Gasteiger partial charge in [0.25, 0.3) is 0 Å². The van der Waals surface area contributed by atoms with Gasteiger partial charge in [-0.3, -0.25) is 14.9 Å². The molecule has 0 saturated carbocycles. The van der Waals surface area contributed by atoms with Gasteiger partial charge in [0, 0.05) is 13.1 Å². The number of nitrogens with zero attached hydrogens (tertiary/aromatic N) is 2. The van der Waals surface area contributed by atoms with E-state index in [1.807, 2.05) is 0 Å². The fourth-order valence-corrected chi connectivity index (χ4v) is 2.56. The number of hydrogen-bond acceptors (Lipinski definition) is 5. The van der Waals surface area contributed by atoms with Crippen LogP contribution >= 0.6 is 0 Å². The molecule has 0 spiro atoms. The molecule has 1 aliphatic rings. The van der Waals surface area contributed by atoms with Crippen molar-refractivity contribution >= 4 is 11.8 Å². The molecule has 122 valence electrons. The summed E-state index contributed by atoms with van der Waals surface area (Å²) in [6.45, 7) is 0.639. The Kier molecular flexibility index (Phi) is 5.05. The first kappa shape index (κ1) is 16.6. The molecule has 1 aromatic rings. The van der Waals surface area contributed by atoms with Crippen molar-refractivity contribution in [2.24, 2.45) is 0 Å². The second kappa shape index (κ2) is 6.99. The maximum absolute atomic E-state index is 13.9. The van der Waals surface area contributed by atoms with Gasteiger partial charge >= 0.3 is 11.7 Å². The number of carboxylic acids is 1. The van der Waals surface area contributed by atoms with Gasteiger partial charge in [-0.2, -0.15) is 0 Å². The van der Waals surface area contributed by atoms with Crippen molar-refractivity contribution in [1.82, 2.24) is 4.90 Å². The third kappa shape index (κ3) is 3.53. The number of aliphatic carboxylic acids is 1. The number of piperidine rings is 1. The molecule has 0 radical (unpaired) electrons. The molecule has 23 heavy (non-hydrogen) atoms. The van der Waals surface area contributed by atoms with Crippen LogP contribution in [0.1, 0.15) is 29.6 Å². The van der Waals surface area contributed by atoms with Crippen LogP contribution in [0.4, 0.5) is 4.39 Å². The first-order valence-corrected chi connectivity index (χ1v) is 7.09. The van der Waals surface area contributed by atoms with Crippen molar-refractivity contribution < 1.29 is 24.0 Å². The van der Waals surface area contributed by atoms with Crippen LogP contribution in [0.2, 0.25) is 0 Å². The van der Waals surface area contributed by atoms with Crippen molar-refractivity contribution in [3.63, 3.8) is 0 Å². The van der Waals surface area contributed by atoms with Crippen LogP contribution in [-0.2, 0) is 4.79 Å². The van der Waals surface area contributed by atoms with Gasteiger partial charge < -0.3 is 10.0 Å². The summed E-state index contributed by atoms with van der Waals surface area (Å²) in [5.74, 6) is -3.65. The van der Waals surface area contributed by atoms with Gasteiger partial charge in [0.1, 0.15) is 5.82 Å². The number of ketones is 1. The van der Waals surface area contributed by atoms with E-state index in [1.54, 1.807) is 0 Å². The van der Waals surface area contributed by atoms with Crippen LogP contribution in [0.5, 0.6) is 0 Å². The van der Waals surface area contributed by atoms with Crippen molar-refractivity contribution in [1.29, 1.82) is 0 Å². The molecule has 2 rings (SSSR count). The molecule has 1 saturated heterocycles. The summed E-state index contributed by atoms with van der Waals surface area (Å²) >= 11 is 0. The molecule has 0 unspecified atom stereocenters. The van der Waals surface area contributed by atoms with Crippen LogP contribution < -0.4 is 0 Å². The third-order valence-electron chi connectivity index (χ3n) is 3.62. The second-order valence-corrected chi connectivity index (χ2v) is 5.12. The van der Waals surface area contributed by atoms with E-state index >= 15 is 0 Å². The Hall–Kier alpha value is -2.77. The Bertz CT molecular complexity index is 664. The van der Waals surface area contributed by atoms with Crippen molar-refractivity contribution in [3.05, 3.63) is 57.2 Å². The highest BCUT2D eigenvalue weighted by Crippen LogP contribution is 2.23. The zero-order valence-electron chi connectivity index (χ0n) is 12.2. The van der Waals surface area contributed by atoms with Crippen LogP contribution in [0.3, 0.4) is 0 Å². The average molecular weight is 322 g/mol. The normalized spacial score (nSPS) is 15.8. The lowest BCUT2D eigenvalue weighted by atomic mass is 10.0. The van der Waals surface area contributed by atoms with E-state index in [1.165, 1.54) is 23.1 Å². The lowest BCUT2D eigenvalue weighted by Crippen LogP contribution is -2.36. The highest BCUT2D eigenvalue weighted by atomic mass is 19.1. The van der Waals surface area contributed by atoms with Crippen LogP contribution in [0.25, 0.3) is 0 Å². The number of halogens is 1. The predicted molar refractivity (Wildman–Crippen MR) is 77.8 cm³/mol. The van der Waals surface area contributed by atoms with Gasteiger partial charge in [0.05, 0.1) is 10.5 Å². The van der Waals surface area contributed by atoms with Crippen molar-refractivity contribution in [3.8, 4) is 0 Å².